The fraction of sp³-hybridized carbons (Fsp3) is 0.500. The van der Waals surface area contributed by atoms with Crippen molar-refractivity contribution in [3.63, 3.8) is 0 Å². The first-order chi connectivity index (χ1) is 6.84. The number of fused-ring (bicyclic) bond motifs is 3. The third kappa shape index (κ3) is 1.43. The van der Waals surface area contributed by atoms with Crippen LogP contribution in [0.15, 0.2) is 36.5 Å². The molecular weight excluding hydrogens is 256 g/mol. The van der Waals surface area contributed by atoms with Crippen molar-refractivity contribution in [2.75, 3.05) is 0 Å². The van der Waals surface area contributed by atoms with Crippen LogP contribution in [0.5, 0.6) is 0 Å². The molecule has 0 N–H and O–H groups in total. The lowest BCUT2D eigenvalue weighted by Crippen LogP contribution is -2.25. The standard InChI is InChI=1S/C12H13BrS/c13-8-5-6-12-10(7-8)9-3-1-2-4-11(9)14-12/h1-6,8-12H,7H2. The Bertz CT molecular complexity index is 318. The minimum atomic E-state index is 0.599. The number of hydrogen-bond acceptors (Lipinski definition) is 1. The van der Waals surface area contributed by atoms with Gasteiger partial charge in [0.05, 0.1) is 0 Å². The molecule has 0 nitrogen and oxygen atoms in total. The Morgan fingerprint density at radius 1 is 1.00 bits per heavy atom. The van der Waals surface area contributed by atoms with E-state index >= 15 is 0 Å². The van der Waals surface area contributed by atoms with Gasteiger partial charge in [-0.2, -0.15) is 0 Å². The van der Waals surface area contributed by atoms with Crippen LogP contribution < -0.4 is 0 Å². The Balaban J connectivity index is 1.89. The third-order valence-corrected chi connectivity index (χ3v) is 5.65. The number of rotatable bonds is 0. The largest absolute Gasteiger partial charge is 0.146 e. The molecule has 0 aromatic heterocycles. The van der Waals surface area contributed by atoms with Crippen LogP contribution in [0.25, 0.3) is 0 Å². The average Bonchev–Trinajstić information content (AvgIpc) is 2.56. The van der Waals surface area contributed by atoms with Crippen LogP contribution in [0.1, 0.15) is 6.42 Å². The summed E-state index contributed by atoms with van der Waals surface area (Å²) in [5, 5.41) is 1.49. The van der Waals surface area contributed by atoms with Crippen LogP contribution in [0.2, 0.25) is 0 Å². The van der Waals surface area contributed by atoms with Gasteiger partial charge in [-0.1, -0.05) is 52.4 Å². The third-order valence-electron chi connectivity index (χ3n) is 3.36. The molecule has 74 valence electrons. The van der Waals surface area contributed by atoms with E-state index in [0.717, 1.165) is 22.3 Å². The highest BCUT2D eigenvalue weighted by Gasteiger charge is 2.42. The van der Waals surface area contributed by atoms with Crippen LogP contribution in [0, 0.1) is 11.8 Å². The summed E-state index contributed by atoms with van der Waals surface area (Å²) in [5.41, 5.74) is 0. The minimum absolute atomic E-state index is 0.599. The second kappa shape index (κ2) is 3.57. The minimum Gasteiger partial charge on any atom is -0.146 e. The lowest BCUT2D eigenvalue weighted by Gasteiger charge is -2.26. The molecule has 0 bridgehead atoms. The maximum atomic E-state index is 3.70. The van der Waals surface area contributed by atoms with Crippen molar-refractivity contribution >= 4 is 27.7 Å². The van der Waals surface area contributed by atoms with Crippen molar-refractivity contribution < 1.29 is 0 Å². The molecule has 3 rings (SSSR count). The quantitative estimate of drug-likeness (QED) is 0.478. The van der Waals surface area contributed by atoms with Gasteiger partial charge in [0.1, 0.15) is 0 Å². The summed E-state index contributed by atoms with van der Waals surface area (Å²) in [5.74, 6) is 1.63. The maximum absolute atomic E-state index is 3.70. The SMILES string of the molecule is BrC1C=CC2SC3C=CC=CC3C2C1. The van der Waals surface area contributed by atoms with Crippen LogP contribution in [0.3, 0.4) is 0 Å². The van der Waals surface area contributed by atoms with E-state index in [4.69, 9.17) is 0 Å². The molecule has 1 fully saturated rings. The highest BCUT2D eigenvalue weighted by Crippen LogP contribution is 2.50. The van der Waals surface area contributed by atoms with Crippen molar-refractivity contribution in [2.45, 2.75) is 21.7 Å². The Hall–Kier alpha value is 0.0500. The fourth-order valence-corrected chi connectivity index (χ4v) is 4.98. The zero-order valence-corrected chi connectivity index (χ0v) is 10.2. The molecule has 14 heavy (non-hydrogen) atoms. The molecule has 0 aromatic carbocycles. The zero-order chi connectivity index (χ0) is 9.54. The zero-order valence-electron chi connectivity index (χ0n) is 7.84. The lowest BCUT2D eigenvalue weighted by molar-refractivity contribution is 0.408. The summed E-state index contributed by atoms with van der Waals surface area (Å²) in [4.78, 5) is 0.599. The molecule has 5 unspecified atom stereocenters. The number of thioether (sulfide) groups is 1. The van der Waals surface area contributed by atoms with E-state index in [1.165, 1.54) is 6.42 Å². The molecule has 0 aromatic rings. The van der Waals surface area contributed by atoms with Crippen LogP contribution in [-0.2, 0) is 0 Å². The van der Waals surface area contributed by atoms with Crippen molar-refractivity contribution in [1.82, 2.24) is 0 Å². The summed E-state index contributed by atoms with van der Waals surface area (Å²) in [7, 11) is 0. The number of hydrogen-bond donors (Lipinski definition) is 0. The van der Waals surface area contributed by atoms with Gasteiger partial charge in [0.2, 0.25) is 0 Å². The first kappa shape index (κ1) is 9.29. The molecule has 3 aliphatic rings. The highest BCUT2D eigenvalue weighted by molar-refractivity contribution is 9.09. The van der Waals surface area contributed by atoms with E-state index in [1.54, 1.807) is 0 Å². The van der Waals surface area contributed by atoms with Gasteiger partial charge < -0.3 is 0 Å². The number of allylic oxidation sites excluding steroid dienone is 4. The molecule has 1 saturated heterocycles. The first-order valence-corrected chi connectivity index (χ1v) is 7.03. The average molecular weight is 269 g/mol. The predicted octanol–water partition coefficient (Wildman–Crippen LogP) is 3.55. The molecule has 0 amide bonds. The summed E-state index contributed by atoms with van der Waals surface area (Å²) in [6.07, 6.45) is 15.2. The second-order valence-corrected chi connectivity index (χ2v) is 6.75. The number of halogens is 1. The Kier molecular flexibility index (Phi) is 2.37. The van der Waals surface area contributed by atoms with Gasteiger partial charge in [-0.15, -0.1) is 11.8 Å². The van der Waals surface area contributed by atoms with Gasteiger partial charge in [0.25, 0.3) is 0 Å². The first-order valence-electron chi connectivity index (χ1n) is 5.17. The smallest absolute Gasteiger partial charge is 0.0329 e. The second-order valence-electron chi connectivity index (χ2n) is 4.21. The van der Waals surface area contributed by atoms with Crippen LogP contribution in [-0.4, -0.2) is 15.3 Å². The van der Waals surface area contributed by atoms with Crippen molar-refractivity contribution in [1.29, 1.82) is 0 Å². The molecule has 2 heteroatoms. The molecular formula is C12H13BrS. The molecule has 0 radical (unpaired) electrons. The fourth-order valence-electron chi connectivity index (χ4n) is 2.68. The van der Waals surface area contributed by atoms with E-state index in [-0.39, 0.29) is 0 Å². The van der Waals surface area contributed by atoms with E-state index in [0.29, 0.717) is 4.83 Å². The molecule has 1 heterocycles. The van der Waals surface area contributed by atoms with Crippen molar-refractivity contribution in [3.05, 3.63) is 36.5 Å². The summed E-state index contributed by atoms with van der Waals surface area (Å²) >= 11 is 5.84. The summed E-state index contributed by atoms with van der Waals surface area (Å²) in [6.45, 7) is 0. The van der Waals surface area contributed by atoms with Crippen LogP contribution >= 0.6 is 27.7 Å². The van der Waals surface area contributed by atoms with E-state index in [9.17, 15) is 0 Å². The molecule has 0 saturated carbocycles. The van der Waals surface area contributed by atoms with E-state index in [2.05, 4.69) is 64.1 Å². The van der Waals surface area contributed by atoms with Crippen molar-refractivity contribution in [2.24, 2.45) is 11.8 Å². The van der Waals surface area contributed by atoms with E-state index < -0.39 is 0 Å². The molecule has 2 aliphatic carbocycles. The van der Waals surface area contributed by atoms with E-state index in [1.807, 2.05) is 0 Å². The predicted molar refractivity (Wildman–Crippen MR) is 66.9 cm³/mol. The number of alkyl halides is 1. The molecule has 1 aliphatic heterocycles. The van der Waals surface area contributed by atoms with Gasteiger partial charge in [-0.25, -0.2) is 0 Å². The normalized spacial score (nSPS) is 49.1. The lowest BCUT2D eigenvalue weighted by atomic mass is 9.80. The van der Waals surface area contributed by atoms with Gasteiger partial charge in [-0.3, -0.25) is 0 Å². The Labute approximate surface area is 97.7 Å². The summed E-state index contributed by atoms with van der Waals surface area (Å²) in [6, 6.07) is 0. The Morgan fingerprint density at radius 3 is 2.79 bits per heavy atom. The van der Waals surface area contributed by atoms with Gasteiger partial charge in [0.15, 0.2) is 0 Å². The monoisotopic (exact) mass is 268 g/mol. The van der Waals surface area contributed by atoms with Crippen molar-refractivity contribution in [3.8, 4) is 0 Å². The summed E-state index contributed by atoms with van der Waals surface area (Å²) < 4.78 is 0. The van der Waals surface area contributed by atoms with Crippen LogP contribution in [0.4, 0.5) is 0 Å². The Morgan fingerprint density at radius 2 is 1.86 bits per heavy atom. The topological polar surface area (TPSA) is 0 Å². The van der Waals surface area contributed by atoms with Gasteiger partial charge in [-0.05, 0) is 18.3 Å². The highest BCUT2D eigenvalue weighted by atomic mass is 79.9. The van der Waals surface area contributed by atoms with Gasteiger partial charge >= 0.3 is 0 Å². The van der Waals surface area contributed by atoms with Gasteiger partial charge in [0, 0.05) is 15.3 Å². The maximum Gasteiger partial charge on any atom is 0.0329 e. The molecule has 0 spiro atoms. The molecule has 5 atom stereocenters.